The number of carbonyl (C=O) groups is 2. The van der Waals surface area contributed by atoms with Crippen molar-refractivity contribution in [1.82, 2.24) is 0 Å². The summed E-state index contributed by atoms with van der Waals surface area (Å²) in [5.74, 6) is -2.83. The molecular formula is C48H76O17. The lowest BCUT2D eigenvalue weighted by molar-refractivity contribution is -0.308. The van der Waals surface area contributed by atoms with Crippen LogP contribution in [0.15, 0.2) is 11.6 Å². The van der Waals surface area contributed by atoms with Gasteiger partial charge in [0.05, 0.1) is 41.9 Å². The molecule has 2 aliphatic heterocycles. The molecule has 0 aromatic rings. The van der Waals surface area contributed by atoms with E-state index < -0.39 is 120 Å². The molecule has 8 aliphatic rings. The van der Waals surface area contributed by atoms with Crippen molar-refractivity contribution in [3.8, 4) is 0 Å². The monoisotopic (exact) mass is 925 g/mol. The van der Waals surface area contributed by atoms with Crippen LogP contribution in [-0.2, 0) is 33.3 Å². The van der Waals surface area contributed by atoms with Gasteiger partial charge in [-0.15, -0.1) is 0 Å². The highest BCUT2D eigenvalue weighted by Gasteiger charge is 2.72. The number of hydrogen-bond acceptors (Lipinski definition) is 17. The van der Waals surface area contributed by atoms with Crippen molar-refractivity contribution in [3.05, 3.63) is 11.6 Å². The average molecular weight is 925 g/mol. The van der Waals surface area contributed by atoms with Crippen molar-refractivity contribution in [2.45, 2.75) is 204 Å². The molecule has 2 unspecified atom stereocenters. The minimum Gasteiger partial charge on any atom is -0.463 e. The van der Waals surface area contributed by atoms with E-state index in [9.17, 15) is 60.7 Å². The van der Waals surface area contributed by atoms with Crippen LogP contribution < -0.4 is 0 Å². The highest BCUT2D eigenvalue weighted by molar-refractivity contribution is 5.79. The van der Waals surface area contributed by atoms with Crippen LogP contribution in [0, 0.1) is 56.7 Å². The van der Waals surface area contributed by atoms with Crippen molar-refractivity contribution < 1.29 is 84.3 Å². The van der Waals surface area contributed by atoms with E-state index in [4.69, 9.17) is 23.7 Å². The van der Waals surface area contributed by atoms with Crippen LogP contribution in [0.2, 0.25) is 0 Å². The zero-order chi connectivity index (χ0) is 47.6. The Morgan fingerprint density at radius 3 is 2.06 bits per heavy atom. The number of esters is 2. The standard InChI is InChI=1S/C48H76O17/c1-22-10-15-48(42(59)65-41-37(57)35(55)34(54)28(63-41)21-61-39(58)23-18-25(49)32(52)26(50)19-23)17-16-45(5)24(38(48)47(22,7)60)8-9-30-44(4)13-12-31(43(2,3)29(44)11-14-46(30,45)6)64-40-36(56)33(53)27(51)20-62-40/h8,22-23,25-38,40-41,49-57,60H,9-21H2,1-7H3/t22-,23?,25?,26?,27+,28-,29+,30-,31+,32?,33+,34-,35+,36-,37-,38-,40+,41+,44+,45-,46-,47-,48+/m1/s1. The molecule has 7 fully saturated rings. The second kappa shape index (κ2) is 17.2. The predicted octanol–water partition coefficient (Wildman–Crippen LogP) is 0.970. The zero-order valence-corrected chi connectivity index (χ0v) is 39.0. The molecule has 17 heteroatoms. The first kappa shape index (κ1) is 49.6. The van der Waals surface area contributed by atoms with Crippen molar-refractivity contribution >= 4 is 11.9 Å². The van der Waals surface area contributed by atoms with Gasteiger partial charge < -0.3 is 74.7 Å². The summed E-state index contributed by atoms with van der Waals surface area (Å²) in [6.45, 7) is 14.6. The van der Waals surface area contributed by atoms with E-state index in [-0.39, 0.29) is 59.6 Å². The number of hydrogen-bond donors (Lipinski definition) is 10. The summed E-state index contributed by atoms with van der Waals surface area (Å²) in [5.41, 5.74) is -2.63. The van der Waals surface area contributed by atoms with E-state index in [0.717, 1.165) is 31.3 Å². The van der Waals surface area contributed by atoms with Crippen LogP contribution in [0.25, 0.3) is 0 Å². The molecule has 0 aromatic carbocycles. The van der Waals surface area contributed by atoms with Crippen LogP contribution >= 0.6 is 0 Å². The number of carbonyl (C=O) groups excluding carboxylic acids is 2. The summed E-state index contributed by atoms with van der Waals surface area (Å²) in [6, 6.07) is 0. The van der Waals surface area contributed by atoms with Gasteiger partial charge in [-0.25, -0.2) is 0 Å². The van der Waals surface area contributed by atoms with Crippen LogP contribution in [0.3, 0.4) is 0 Å². The topological polar surface area (TPSA) is 283 Å². The molecule has 2 heterocycles. The van der Waals surface area contributed by atoms with E-state index in [1.54, 1.807) is 6.92 Å². The molecule has 17 nitrogen and oxygen atoms in total. The van der Waals surface area contributed by atoms with Gasteiger partial charge in [-0.2, -0.15) is 0 Å². The maximum Gasteiger partial charge on any atom is 0.315 e. The van der Waals surface area contributed by atoms with Gasteiger partial charge in [0.25, 0.3) is 0 Å². The first-order valence-corrected chi connectivity index (χ1v) is 24.1. The van der Waals surface area contributed by atoms with E-state index >= 15 is 0 Å². The number of allylic oxidation sites excluding steroid dienone is 1. The molecule has 0 spiro atoms. The van der Waals surface area contributed by atoms with Gasteiger partial charge in [0.1, 0.15) is 55.4 Å². The molecule has 65 heavy (non-hydrogen) atoms. The number of fused-ring (bicyclic) bond motifs is 7. The van der Waals surface area contributed by atoms with E-state index in [2.05, 4.69) is 40.7 Å². The Morgan fingerprint density at radius 2 is 1.38 bits per heavy atom. The Bertz CT molecular complexity index is 1810. The maximum atomic E-state index is 15.0. The largest absolute Gasteiger partial charge is 0.463 e. The highest BCUT2D eigenvalue weighted by atomic mass is 16.7. The lowest BCUT2D eigenvalue weighted by atomic mass is 9.33. The quantitative estimate of drug-likeness (QED) is 0.0968. The Labute approximate surface area is 381 Å². The molecule has 21 atom stereocenters. The van der Waals surface area contributed by atoms with E-state index in [1.807, 2.05) is 6.92 Å². The van der Waals surface area contributed by atoms with Gasteiger partial charge in [-0.05, 0) is 117 Å². The third-order valence-electron chi connectivity index (χ3n) is 19.6. The Balaban J connectivity index is 1.02. The van der Waals surface area contributed by atoms with Crippen molar-refractivity contribution in [2.24, 2.45) is 56.7 Å². The molecule has 8 rings (SSSR count). The van der Waals surface area contributed by atoms with Crippen molar-refractivity contribution in [1.29, 1.82) is 0 Å². The second-order valence-electron chi connectivity index (χ2n) is 23.1. The number of aliphatic hydroxyl groups excluding tert-OH is 9. The van der Waals surface area contributed by atoms with Crippen LogP contribution in [-0.4, -0.2) is 162 Å². The molecule has 10 N–H and O–H groups in total. The molecule has 0 amide bonds. The lowest BCUT2D eigenvalue weighted by Crippen LogP contribution is -2.68. The first-order chi connectivity index (χ1) is 30.3. The summed E-state index contributed by atoms with van der Waals surface area (Å²) in [4.78, 5) is 27.9. The van der Waals surface area contributed by atoms with Gasteiger partial charge in [0, 0.05) is 5.92 Å². The zero-order valence-electron chi connectivity index (χ0n) is 39.0. The maximum absolute atomic E-state index is 15.0. The van der Waals surface area contributed by atoms with Gasteiger partial charge in [-0.1, -0.05) is 53.2 Å². The van der Waals surface area contributed by atoms with E-state index in [0.29, 0.717) is 32.1 Å². The fourth-order valence-electron chi connectivity index (χ4n) is 15.2. The van der Waals surface area contributed by atoms with E-state index in [1.165, 1.54) is 0 Å². The third-order valence-corrected chi connectivity index (χ3v) is 19.6. The molecule has 5 saturated carbocycles. The molecule has 0 radical (unpaired) electrons. The molecule has 2 saturated heterocycles. The Hall–Kier alpha value is -1.84. The normalized spacial score (nSPS) is 54.1. The highest BCUT2D eigenvalue weighted by Crippen LogP contribution is 2.76. The Morgan fingerprint density at radius 1 is 0.723 bits per heavy atom. The fourth-order valence-corrected chi connectivity index (χ4v) is 15.2. The minimum atomic E-state index is -1.85. The van der Waals surface area contributed by atoms with Crippen molar-refractivity contribution in [2.75, 3.05) is 13.2 Å². The summed E-state index contributed by atoms with van der Waals surface area (Å²) >= 11 is 0. The molecule has 0 bridgehead atoms. The molecule has 370 valence electrons. The fraction of sp³-hybridized carbons (Fsp3) is 0.917. The summed E-state index contributed by atoms with van der Waals surface area (Å²) < 4.78 is 29.5. The molecule has 6 aliphatic carbocycles. The first-order valence-electron chi connectivity index (χ1n) is 24.1. The second-order valence-corrected chi connectivity index (χ2v) is 23.1. The lowest BCUT2D eigenvalue weighted by Gasteiger charge is -2.72. The summed E-state index contributed by atoms with van der Waals surface area (Å²) in [7, 11) is 0. The number of rotatable bonds is 7. The third kappa shape index (κ3) is 7.68. The van der Waals surface area contributed by atoms with Crippen LogP contribution in [0.1, 0.15) is 119 Å². The van der Waals surface area contributed by atoms with Gasteiger partial charge >= 0.3 is 11.9 Å². The van der Waals surface area contributed by atoms with Crippen LogP contribution in [0.5, 0.6) is 0 Å². The van der Waals surface area contributed by atoms with Crippen molar-refractivity contribution in [3.63, 3.8) is 0 Å². The number of ether oxygens (including phenoxy) is 5. The molecular weight excluding hydrogens is 849 g/mol. The average Bonchev–Trinajstić information content (AvgIpc) is 3.24. The Kier molecular flexibility index (Phi) is 13.1. The van der Waals surface area contributed by atoms with Crippen LogP contribution in [0.4, 0.5) is 0 Å². The smallest absolute Gasteiger partial charge is 0.315 e. The minimum absolute atomic E-state index is 0.120. The van der Waals surface area contributed by atoms with Gasteiger partial charge in [-0.3, -0.25) is 9.59 Å². The SMILES string of the molecule is C[C@@H]1CC[C@]2(C(=O)O[C@@H]3O[C@H](COC(=O)C4CC(O)C(O)C(O)C4)[C@@H](O)[C@H](O)[C@H]3O)CC[C@]3(C)C(=CC[C@@H]4[C@@]5(C)CC[C@H](O[C@@H]6OC[C@H](O)[C@H](O)[C@H]6O)C(C)(C)[C@@H]5CC[C@]43C)[C@@H]2[C@]1(C)O. The van der Waals surface area contributed by atoms with Gasteiger partial charge in [0.2, 0.25) is 6.29 Å². The van der Waals surface area contributed by atoms with Gasteiger partial charge in [0.15, 0.2) is 6.29 Å². The summed E-state index contributed by atoms with van der Waals surface area (Å²) in [5, 5.41) is 107. The predicted molar refractivity (Wildman–Crippen MR) is 228 cm³/mol. The number of aliphatic hydroxyl groups is 10. The molecule has 0 aromatic heterocycles. The summed E-state index contributed by atoms with van der Waals surface area (Å²) in [6.07, 6.45) is -9.99.